The predicted molar refractivity (Wildman–Crippen MR) is 68.7 cm³/mol. The molecule has 1 aliphatic heterocycles. The summed E-state index contributed by atoms with van der Waals surface area (Å²) in [6, 6.07) is 0. The summed E-state index contributed by atoms with van der Waals surface area (Å²) in [5, 5.41) is 0. The molecular weight excluding hydrogens is 234 g/mol. The fourth-order valence-electron chi connectivity index (χ4n) is 1.58. The molecule has 0 spiro atoms. The lowest BCUT2D eigenvalue weighted by molar-refractivity contribution is -0.136. The molecule has 1 fully saturated rings. The summed E-state index contributed by atoms with van der Waals surface area (Å²) in [4.78, 5) is 22.7. The Morgan fingerprint density at radius 3 is 2.39 bits per heavy atom. The van der Waals surface area contributed by atoms with E-state index in [9.17, 15) is 9.59 Å². The van der Waals surface area contributed by atoms with Gasteiger partial charge in [-0.25, -0.2) is 0 Å². The molecule has 0 aromatic rings. The molecule has 0 aromatic heterocycles. The fourth-order valence-corrected chi connectivity index (χ4v) is 1.58. The smallest absolute Gasteiger partial charge is 0.529 e. The number of carbonyl (C=O) groups excluding carboxylic acids is 2. The van der Waals surface area contributed by atoms with Crippen molar-refractivity contribution in [3.05, 3.63) is 25.3 Å². The van der Waals surface area contributed by atoms with Crippen LogP contribution in [-0.2, 0) is 23.6 Å². The second-order valence-corrected chi connectivity index (χ2v) is 3.89. The van der Waals surface area contributed by atoms with Crippen LogP contribution in [0, 0.1) is 0 Å². The van der Waals surface area contributed by atoms with Crippen LogP contribution in [0.15, 0.2) is 25.3 Å². The lowest BCUT2D eigenvalue weighted by atomic mass is 9.33. The molecule has 1 saturated heterocycles. The highest BCUT2D eigenvalue weighted by Gasteiger charge is 2.44. The molecule has 0 saturated carbocycles. The molecule has 5 nitrogen and oxygen atoms in total. The highest BCUT2D eigenvalue weighted by molar-refractivity contribution is 7.14. The second-order valence-electron chi connectivity index (χ2n) is 3.89. The maximum absolute atomic E-state index is 11.4. The van der Waals surface area contributed by atoms with E-state index in [4.69, 9.17) is 14.0 Å². The van der Waals surface area contributed by atoms with Crippen LogP contribution in [-0.4, -0.2) is 32.4 Å². The summed E-state index contributed by atoms with van der Waals surface area (Å²) in [6.07, 6.45) is 4.53. The van der Waals surface area contributed by atoms with Crippen molar-refractivity contribution in [2.24, 2.45) is 0 Å². The van der Waals surface area contributed by atoms with Gasteiger partial charge in [0, 0.05) is 6.61 Å². The van der Waals surface area contributed by atoms with Crippen molar-refractivity contribution in [2.45, 2.75) is 25.6 Å². The monoisotopic (exact) mass is 250 g/mol. The molecule has 0 aromatic carbocycles. The molecule has 0 unspecified atom stereocenters. The van der Waals surface area contributed by atoms with Crippen LogP contribution >= 0.6 is 0 Å². The van der Waals surface area contributed by atoms with Crippen LogP contribution in [0.3, 0.4) is 0 Å². The van der Waals surface area contributed by atoms with Gasteiger partial charge in [-0.15, -0.1) is 13.2 Å². The van der Waals surface area contributed by atoms with Gasteiger partial charge in [0.2, 0.25) is 0 Å². The summed E-state index contributed by atoms with van der Waals surface area (Å²) >= 11 is 0. The summed E-state index contributed by atoms with van der Waals surface area (Å²) in [6.45, 7) is 6.85. The summed E-state index contributed by atoms with van der Waals surface area (Å²) in [5.41, 5.74) is 0. The van der Waals surface area contributed by atoms with Gasteiger partial charge < -0.3 is 14.0 Å². The molecule has 7 heteroatoms. The minimum absolute atomic E-state index is 0.104. The van der Waals surface area contributed by atoms with E-state index < -0.39 is 25.8 Å². The van der Waals surface area contributed by atoms with E-state index in [0.717, 1.165) is 6.42 Å². The SMILES string of the molecule is C=CCC(=O)OB1CCCOB1OC(=O)CC=C. The Kier molecular flexibility index (Phi) is 6.28. The average molecular weight is 250 g/mol. The van der Waals surface area contributed by atoms with Crippen molar-refractivity contribution < 1.29 is 23.6 Å². The molecular formula is C11H16B2O5. The minimum atomic E-state index is -0.819. The molecule has 0 radical (unpaired) electrons. The first kappa shape index (κ1) is 14.6. The van der Waals surface area contributed by atoms with E-state index in [0.29, 0.717) is 12.9 Å². The first-order valence-corrected chi connectivity index (χ1v) is 5.89. The lowest BCUT2D eigenvalue weighted by Crippen LogP contribution is -2.48. The van der Waals surface area contributed by atoms with Crippen LogP contribution in [0.5, 0.6) is 0 Å². The zero-order valence-corrected chi connectivity index (χ0v) is 10.3. The third kappa shape index (κ3) is 4.79. The third-order valence-corrected chi connectivity index (χ3v) is 2.37. The largest absolute Gasteiger partial charge is 0.534 e. The minimum Gasteiger partial charge on any atom is -0.534 e. The van der Waals surface area contributed by atoms with Crippen molar-refractivity contribution in [2.75, 3.05) is 6.61 Å². The first-order valence-electron chi connectivity index (χ1n) is 5.89. The molecule has 0 N–H and O–H groups in total. The average Bonchev–Trinajstić information content (AvgIpc) is 2.32. The van der Waals surface area contributed by atoms with Gasteiger partial charge in [-0.1, -0.05) is 12.2 Å². The fraction of sp³-hybridized carbons (Fsp3) is 0.455. The molecule has 1 rings (SSSR count). The van der Waals surface area contributed by atoms with Gasteiger partial charge in [-0.3, -0.25) is 9.59 Å². The molecule has 0 bridgehead atoms. The molecule has 0 aliphatic carbocycles. The van der Waals surface area contributed by atoms with Gasteiger partial charge in [0.1, 0.15) is 0 Å². The van der Waals surface area contributed by atoms with Gasteiger partial charge in [0.25, 0.3) is 11.9 Å². The van der Waals surface area contributed by atoms with Gasteiger partial charge in [-0.2, -0.15) is 0 Å². The normalized spacial score (nSPS) is 14.9. The highest BCUT2D eigenvalue weighted by atomic mass is 16.6. The van der Waals surface area contributed by atoms with Crippen LogP contribution in [0.1, 0.15) is 19.3 Å². The Balaban J connectivity index is 2.50. The second kappa shape index (κ2) is 7.76. The number of hydrogen-bond acceptors (Lipinski definition) is 5. The molecule has 0 atom stereocenters. The van der Waals surface area contributed by atoms with Crippen LogP contribution in [0.25, 0.3) is 0 Å². The Labute approximate surface area is 107 Å². The Morgan fingerprint density at radius 2 is 1.78 bits per heavy atom. The summed E-state index contributed by atoms with van der Waals surface area (Å²) < 4.78 is 15.6. The van der Waals surface area contributed by atoms with Crippen molar-refractivity contribution in [3.8, 4) is 0 Å². The van der Waals surface area contributed by atoms with Crippen molar-refractivity contribution in [1.29, 1.82) is 0 Å². The molecule has 0 amide bonds. The zero-order valence-electron chi connectivity index (χ0n) is 10.3. The summed E-state index contributed by atoms with van der Waals surface area (Å²) in [7, 11) is -0.819. The molecule has 18 heavy (non-hydrogen) atoms. The highest BCUT2D eigenvalue weighted by Crippen LogP contribution is 2.14. The van der Waals surface area contributed by atoms with E-state index >= 15 is 0 Å². The number of carbonyl (C=O) groups is 2. The Bertz CT molecular complexity index is 299. The van der Waals surface area contributed by atoms with E-state index in [-0.39, 0.29) is 12.8 Å². The van der Waals surface area contributed by atoms with Gasteiger partial charge in [-0.05, 0) is 12.7 Å². The molecule has 1 heterocycles. The predicted octanol–water partition coefficient (Wildman–Crippen LogP) is 1.20. The van der Waals surface area contributed by atoms with Gasteiger partial charge in [0.05, 0.1) is 12.8 Å². The maximum Gasteiger partial charge on any atom is 0.529 e. The van der Waals surface area contributed by atoms with Crippen molar-refractivity contribution >= 4 is 25.8 Å². The van der Waals surface area contributed by atoms with Crippen molar-refractivity contribution in [3.63, 3.8) is 0 Å². The van der Waals surface area contributed by atoms with Gasteiger partial charge in [0.15, 0.2) is 0 Å². The Hall–Kier alpha value is -1.49. The molecule has 96 valence electrons. The standard InChI is InChI=1S/C11H16B2O5/c1-3-6-10(14)17-12-8-5-9-16-13(12)18-11(15)7-4-2/h3-4H,1-2,5-9H2. The van der Waals surface area contributed by atoms with E-state index in [1.165, 1.54) is 12.2 Å². The van der Waals surface area contributed by atoms with E-state index in [1.54, 1.807) is 0 Å². The topological polar surface area (TPSA) is 61.8 Å². The van der Waals surface area contributed by atoms with Crippen LogP contribution in [0.2, 0.25) is 6.32 Å². The van der Waals surface area contributed by atoms with Crippen LogP contribution < -0.4 is 0 Å². The molecule has 1 aliphatic rings. The maximum atomic E-state index is 11.4. The summed E-state index contributed by atoms with van der Waals surface area (Å²) in [5.74, 6) is -0.841. The van der Waals surface area contributed by atoms with E-state index in [2.05, 4.69) is 13.2 Å². The Morgan fingerprint density at radius 1 is 1.17 bits per heavy atom. The van der Waals surface area contributed by atoms with Crippen LogP contribution in [0.4, 0.5) is 0 Å². The first-order chi connectivity index (χ1) is 8.67. The zero-order chi connectivity index (χ0) is 13.4. The quantitative estimate of drug-likeness (QED) is 0.523. The van der Waals surface area contributed by atoms with E-state index in [1.807, 2.05) is 0 Å². The lowest BCUT2D eigenvalue weighted by Gasteiger charge is -2.24. The third-order valence-electron chi connectivity index (χ3n) is 2.37. The van der Waals surface area contributed by atoms with Crippen molar-refractivity contribution in [1.82, 2.24) is 0 Å². The van der Waals surface area contributed by atoms with Gasteiger partial charge >= 0.3 is 13.8 Å². The number of rotatable bonds is 6. The number of hydrogen-bond donors (Lipinski definition) is 0.